The minimum atomic E-state index is -0.752. The topological polar surface area (TPSA) is 70.1 Å². The average Bonchev–Trinajstić information content (AvgIpc) is 2.32. The number of aliphatic carboxylic acids is 1. The first-order valence-electron chi connectivity index (χ1n) is 6.82. The van der Waals surface area contributed by atoms with Crippen molar-refractivity contribution in [2.75, 3.05) is 39.3 Å². The van der Waals surface area contributed by atoms with Crippen molar-refractivity contribution in [1.82, 2.24) is 9.80 Å². The lowest BCUT2D eigenvalue weighted by molar-refractivity contribution is -0.147. The standard InChI is InChI=1S/C13H22N2O4/c1-9-5-15(3-4-19-9)12(16)8-14-6-11(7-14)10(2)13(17)18/h9-11H,3-8H2,1-2H3,(H,17,18). The zero-order valence-corrected chi connectivity index (χ0v) is 11.5. The van der Waals surface area contributed by atoms with Gasteiger partial charge in [-0.15, -0.1) is 0 Å². The van der Waals surface area contributed by atoms with Gasteiger partial charge in [-0.05, 0) is 12.8 Å². The lowest BCUT2D eigenvalue weighted by Gasteiger charge is -2.42. The number of nitrogens with zero attached hydrogens (tertiary/aromatic N) is 2. The molecule has 2 saturated heterocycles. The van der Waals surface area contributed by atoms with Crippen molar-refractivity contribution >= 4 is 11.9 Å². The van der Waals surface area contributed by atoms with E-state index in [9.17, 15) is 9.59 Å². The number of carbonyl (C=O) groups excluding carboxylic acids is 1. The lowest BCUT2D eigenvalue weighted by atomic mass is 9.87. The monoisotopic (exact) mass is 270 g/mol. The Morgan fingerprint density at radius 2 is 2.05 bits per heavy atom. The quantitative estimate of drug-likeness (QED) is 0.771. The number of ether oxygens (including phenoxy) is 1. The van der Waals surface area contributed by atoms with E-state index < -0.39 is 5.97 Å². The highest BCUT2D eigenvalue weighted by molar-refractivity contribution is 5.78. The third-order valence-electron chi connectivity index (χ3n) is 4.03. The maximum absolute atomic E-state index is 12.1. The minimum absolute atomic E-state index is 0.105. The third-order valence-corrected chi connectivity index (χ3v) is 4.03. The second-order valence-corrected chi connectivity index (χ2v) is 5.60. The molecular weight excluding hydrogens is 248 g/mol. The van der Waals surface area contributed by atoms with Crippen LogP contribution in [0.1, 0.15) is 13.8 Å². The summed E-state index contributed by atoms with van der Waals surface area (Å²) in [5, 5.41) is 8.91. The van der Waals surface area contributed by atoms with Crippen LogP contribution in [0.2, 0.25) is 0 Å². The van der Waals surface area contributed by atoms with Crippen molar-refractivity contribution in [3.63, 3.8) is 0 Å². The number of morpholine rings is 1. The van der Waals surface area contributed by atoms with Crippen LogP contribution in [0.25, 0.3) is 0 Å². The summed E-state index contributed by atoms with van der Waals surface area (Å²) in [7, 11) is 0. The highest BCUT2D eigenvalue weighted by Gasteiger charge is 2.36. The molecule has 0 aliphatic carbocycles. The number of carboxylic acids is 1. The first-order chi connectivity index (χ1) is 8.97. The number of amides is 1. The Labute approximate surface area is 113 Å². The Kier molecular flexibility index (Phi) is 4.42. The van der Waals surface area contributed by atoms with Crippen LogP contribution < -0.4 is 0 Å². The van der Waals surface area contributed by atoms with Gasteiger partial charge in [-0.2, -0.15) is 0 Å². The van der Waals surface area contributed by atoms with Crippen LogP contribution in [-0.4, -0.2) is 72.2 Å². The Bertz CT molecular complexity index is 355. The van der Waals surface area contributed by atoms with Gasteiger partial charge in [0.15, 0.2) is 0 Å². The fourth-order valence-corrected chi connectivity index (χ4v) is 2.59. The van der Waals surface area contributed by atoms with Crippen LogP contribution in [0.4, 0.5) is 0 Å². The largest absolute Gasteiger partial charge is 0.481 e. The Hall–Kier alpha value is -1.14. The molecule has 108 valence electrons. The molecule has 2 aliphatic rings. The zero-order valence-electron chi connectivity index (χ0n) is 11.5. The Morgan fingerprint density at radius 1 is 1.37 bits per heavy atom. The summed E-state index contributed by atoms with van der Waals surface area (Å²) < 4.78 is 5.41. The van der Waals surface area contributed by atoms with Gasteiger partial charge in [-0.25, -0.2) is 0 Å². The van der Waals surface area contributed by atoms with Crippen molar-refractivity contribution in [3.8, 4) is 0 Å². The molecule has 2 rings (SSSR count). The molecule has 2 aliphatic heterocycles. The minimum Gasteiger partial charge on any atom is -0.481 e. The summed E-state index contributed by atoms with van der Waals surface area (Å²) in [6.45, 7) is 7.43. The number of hydrogen-bond donors (Lipinski definition) is 1. The molecule has 1 N–H and O–H groups in total. The zero-order chi connectivity index (χ0) is 14.0. The fourth-order valence-electron chi connectivity index (χ4n) is 2.59. The van der Waals surface area contributed by atoms with Gasteiger partial charge in [-0.1, -0.05) is 6.92 Å². The highest BCUT2D eigenvalue weighted by atomic mass is 16.5. The van der Waals surface area contributed by atoms with E-state index in [0.29, 0.717) is 39.3 Å². The molecule has 0 aromatic heterocycles. The van der Waals surface area contributed by atoms with Crippen LogP contribution in [0.3, 0.4) is 0 Å². The maximum Gasteiger partial charge on any atom is 0.306 e. The van der Waals surface area contributed by atoms with Crippen LogP contribution >= 0.6 is 0 Å². The molecule has 0 bridgehead atoms. The second-order valence-electron chi connectivity index (χ2n) is 5.60. The van der Waals surface area contributed by atoms with Gasteiger partial charge in [0.1, 0.15) is 0 Å². The molecule has 2 atom stereocenters. The molecule has 2 fully saturated rings. The summed E-state index contributed by atoms with van der Waals surface area (Å²) >= 11 is 0. The first kappa shape index (κ1) is 14.3. The molecule has 0 radical (unpaired) electrons. The van der Waals surface area contributed by atoms with Gasteiger partial charge >= 0.3 is 5.97 Å². The van der Waals surface area contributed by atoms with E-state index in [4.69, 9.17) is 9.84 Å². The number of carbonyl (C=O) groups is 2. The molecule has 0 saturated carbocycles. The highest BCUT2D eigenvalue weighted by Crippen LogP contribution is 2.23. The molecule has 0 spiro atoms. The van der Waals surface area contributed by atoms with Gasteiger partial charge in [0, 0.05) is 26.2 Å². The van der Waals surface area contributed by atoms with Crippen LogP contribution in [0.5, 0.6) is 0 Å². The van der Waals surface area contributed by atoms with Gasteiger partial charge in [0.25, 0.3) is 0 Å². The van der Waals surface area contributed by atoms with E-state index in [0.717, 1.165) is 0 Å². The summed E-state index contributed by atoms with van der Waals surface area (Å²) in [5.41, 5.74) is 0. The van der Waals surface area contributed by atoms with E-state index in [1.54, 1.807) is 6.92 Å². The molecule has 2 unspecified atom stereocenters. The molecule has 19 heavy (non-hydrogen) atoms. The van der Waals surface area contributed by atoms with Crippen LogP contribution in [-0.2, 0) is 14.3 Å². The summed E-state index contributed by atoms with van der Waals surface area (Å²) in [4.78, 5) is 26.8. The van der Waals surface area contributed by atoms with Crippen LogP contribution in [0.15, 0.2) is 0 Å². The van der Waals surface area contributed by atoms with E-state index >= 15 is 0 Å². The average molecular weight is 270 g/mol. The number of rotatable bonds is 4. The Balaban J connectivity index is 1.72. The van der Waals surface area contributed by atoms with E-state index in [2.05, 4.69) is 0 Å². The maximum atomic E-state index is 12.1. The first-order valence-corrected chi connectivity index (χ1v) is 6.82. The van der Waals surface area contributed by atoms with Crippen molar-refractivity contribution in [2.45, 2.75) is 20.0 Å². The second kappa shape index (κ2) is 5.88. The summed E-state index contributed by atoms with van der Waals surface area (Å²) in [5.74, 6) is -0.779. The van der Waals surface area contributed by atoms with Gasteiger partial charge in [-0.3, -0.25) is 14.5 Å². The summed E-state index contributed by atoms with van der Waals surface area (Å²) in [6, 6.07) is 0. The molecular formula is C13H22N2O4. The van der Waals surface area contributed by atoms with E-state index in [1.165, 1.54) is 0 Å². The SMILES string of the molecule is CC1CN(C(=O)CN2CC(C(C)C(=O)O)C2)CCO1. The van der Waals surface area contributed by atoms with Crippen molar-refractivity contribution in [1.29, 1.82) is 0 Å². The van der Waals surface area contributed by atoms with Crippen molar-refractivity contribution in [3.05, 3.63) is 0 Å². The predicted octanol–water partition coefficient (Wildman–Crippen LogP) is -0.114. The van der Waals surface area contributed by atoms with E-state index in [-0.39, 0.29) is 23.8 Å². The summed E-state index contributed by atoms with van der Waals surface area (Å²) in [6.07, 6.45) is 0.105. The number of carboxylic acid groups (broad SMARTS) is 1. The van der Waals surface area contributed by atoms with E-state index in [1.807, 2.05) is 16.7 Å². The molecule has 0 aromatic carbocycles. The van der Waals surface area contributed by atoms with Crippen molar-refractivity contribution in [2.24, 2.45) is 11.8 Å². The normalized spacial score (nSPS) is 26.8. The van der Waals surface area contributed by atoms with Crippen molar-refractivity contribution < 1.29 is 19.4 Å². The molecule has 6 heteroatoms. The molecule has 1 amide bonds. The molecule has 6 nitrogen and oxygen atoms in total. The number of likely N-dealkylation sites (tertiary alicyclic amines) is 1. The Morgan fingerprint density at radius 3 is 2.63 bits per heavy atom. The molecule has 2 heterocycles. The smallest absolute Gasteiger partial charge is 0.306 e. The number of hydrogen-bond acceptors (Lipinski definition) is 4. The lowest BCUT2D eigenvalue weighted by Crippen LogP contribution is -2.55. The fraction of sp³-hybridized carbons (Fsp3) is 0.846. The van der Waals surface area contributed by atoms with Gasteiger partial charge in [0.05, 0.1) is 25.2 Å². The predicted molar refractivity (Wildman–Crippen MR) is 68.7 cm³/mol. The van der Waals surface area contributed by atoms with Crippen LogP contribution in [0, 0.1) is 11.8 Å². The van der Waals surface area contributed by atoms with Gasteiger partial charge in [0.2, 0.25) is 5.91 Å². The third kappa shape index (κ3) is 3.45. The molecule has 0 aromatic rings. The van der Waals surface area contributed by atoms with Gasteiger partial charge < -0.3 is 14.7 Å².